The summed E-state index contributed by atoms with van der Waals surface area (Å²) in [6, 6.07) is 4.12. The van der Waals surface area contributed by atoms with Crippen LogP contribution in [-0.2, 0) is 0 Å². The van der Waals surface area contributed by atoms with E-state index in [1.807, 2.05) is 27.7 Å². The number of aryl methyl sites for hydroxylation is 4. The minimum atomic E-state index is 0.00782. The van der Waals surface area contributed by atoms with Crippen molar-refractivity contribution in [3.05, 3.63) is 51.5 Å². The van der Waals surface area contributed by atoms with Crippen molar-refractivity contribution in [2.75, 3.05) is 18.0 Å². The zero-order chi connectivity index (χ0) is 17.4. The zero-order valence-corrected chi connectivity index (χ0v) is 15.2. The summed E-state index contributed by atoms with van der Waals surface area (Å²) in [5.74, 6) is 1.59. The van der Waals surface area contributed by atoms with Crippen LogP contribution in [0.5, 0.6) is 0 Å². The number of hydrogen-bond acceptors (Lipinski definition) is 4. The van der Waals surface area contributed by atoms with Gasteiger partial charge >= 0.3 is 0 Å². The summed E-state index contributed by atoms with van der Waals surface area (Å²) in [7, 11) is 0. The lowest BCUT2D eigenvalue weighted by Crippen LogP contribution is -2.23. The molecule has 1 aliphatic rings. The van der Waals surface area contributed by atoms with Gasteiger partial charge in [-0.25, -0.2) is 9.97 Å². The maximum Gasteiger partial charge on any atom is 0.212 e. The molecule has 0 saturated carbocycles. The van der Waals surface area contributed by atoms with Crippen LogP contribution < -0.4 is 4.90 Å². The van der Waals surface area contributed by atoms with Crippen molar-refractivity contribution in [3.8, 4) is 0 Å². The third-order valence-electron chi connectivity index (χ3n) is 4.76. The molecule has 0 atom stereocenters. The number of rotatable bonds is 3. The second-order valence-corrected chi connectivity index (χ2v) is 6.87. The van der Waals surface area contributed by atoms with Crippen LogP contribution in [0, 0.1) is 34.6 Å². The van der Waals surface area contributed by atoms with Crippen molar-refractivity contribution in [1.82, 2.24) is 9.97 Å². The second kappa shape index (κ2) is 6.34. The fourth-order valence-corrected chi connectivity index (χ4v) is 3.73. The van der Waals surface area contributed by atoms with Gasteiger partial charge in [0.15, 0.2) is 0 Å². The van der Waals surface area contributed by atoms with Crippen molar-refractivity contribution in [2.24, 2.45) is 0 Å². The quantitative estimate of drug-likeness (QED) is 0.805. The lowest BCUT2D eigenvalue weighted by Gasteiger charge is -2.21. The molecule has 4 heteroatoms. The maximum atomic E-state index is 13.2. The van der Waals surface area contributed by atoms with E-state index in [0.29, 0.717) is 11.5 Å². The van der Waals surface area contributed by atoms with Crippen LogP contribution in [0.3, 0.4) is 0 Å². The van der Waals surface area contributed by atoms with E-state index in [2.05, 4.69) is 33.9 Å². The first-order valence-corrected chi connectivity index (χ1v) is 8.61. The highest BCUT2D eigenvalue weighted by molar-refractivity contribution is 6.11. The molecule has 1 aromatic heterocycles. The molecule has 1 aliphatic heterocycles. The van der Waals surface area contributed by atoms with Gasteiger partial charge in [-0.05, 0) is 58.6 Å². The van der Waals surface area contributed by atoms with E-state index in [9.17, 15) is 4.79 Å². The Morgan fingerprint density at radius 1 is 0.958 bits per heavy atom. The van der Waals surface area contributed by atoms with Gasteiger partial charge in [-0.3, -0.25) is 4.79 Å². The average Bonchev–Trinajstić information content (AvgIpc) is 3.02. The Kier molecular flexibility index (Phi) is 4.39. The molecule has 24 heavy (non-hydrogen) atoms. The minimum absolute atomic E-state index is 0.00782. The third-order valence-corrected chi connectivity index (χ3v) is 4.76. The first kappa shape index (κ1) is 16.6. The number of anilines is 1. The Morgan fingerprint density at radius 3 is 2.12 bits per heavy atom. The fraction of sp³-hybridized carbons (Fsp3) is 0.450. The van der Waals surface area contributed by atoms with Gasteiger partial charge < -0.3 is 4.90 Å². The average molecular weight is 323 g/mol. The molecule has 1 aromatic carbocycles. The SMILES string of the molecule is Cc1cc(C)c(C(=O)c2nc(C)nc(N3CCCC3)c2C)c(C)c1. The molecule has 126 valence electrons. The topological polar surface area (TPSA) is 46.1 Å². The van der Waals surface area contributed by atoms with Gasteiger partial charge in [0.05, 0.1) is 0 Å². The van der Waals surface area contributed by atoms with E-state index < -0.39 is 0 Å². The lowest BCUT2D eigenvalue weighted by atomic mass is 9.94. The smallest absolute Gasteiger partial charge is 0.212 e. The molecule has 0 spiro atoms. The van der Waals surface area contributed by atoms with Gasteiger partial charge in [-0.2, -0.15) is 0 Å². The van der Waals surface area contributed by atoms with Gasteiger partial charge in [-0.1, -0.05) is 17.7 Å². The summed E-state index contributed by atoms with van der Waals surface area (Å²) in [6.07, 6.45) is 2.36. The summed E-state index contributed by atoms with van der Waals surface area (Å²) in [4.78, 5) is 24.6. The first-order chi connectivity index (χ1) is 11.4. The van der Waals surface area contributed by atoms with Crippen molar-refractivity contribution in [2.45, 2.75) is 47.5 Å². The van der Waals surface area contributed by atoms with Crippen LogP contribution >= 0.6 is 0 Å². The molecule has 1 saturated heterocycles. The molecule has 2 heterocycles. The molecule has 0 bridgehead atoms. The molecule has 0 radical (unpaired) electrons. The van der Waals surface area contributed by atoms with Gasteiger partial charge in [0.1, 0.15) is 17.3 Å². The fourth-order valence-electron chi connectivity index (χ4n) is 3.73. The van der Waals surface area contributed by atoms with Crippen molar-refractivity contribution < 1.29 is 4.79 Å². The van der Waals surface area contributed by atoms with E-state index >= 15 is 0 Å². The Balaban J connectivity index is 2.11. The molecule has 1 fully saturated rings. The van der Waals surface area contributed by atoms with Crippen LogP contribution in [0.15, 0.2) is 12.1 Å². The van der Waals surface area contributed by atoms with Crippen molar-refractivity contribution >= 4 is 11.6 Å². The number of carbonyl (C=O) groups excluding carboxylic acids is 1. The Bertz CT molecular complexity index is 782. The van der Waals surface area contributed by atoms with Crippen LogP contribution in [-0.4, -0.2) is 28.8 Å². The van der Waals surface area contributed by atoms with Crippen molar-refractivity contribution in [1.29, 1.82) is 0 Å². The molecular weight excluding hydrogens is 298 g/mol. The predicted molar refractivity (Wildman–Crippen MR) is 97.0 cm³/mol. The monoisotopic (exact) mass is 323 g/mol. The van der Waals surface area contributed by atoms with Crippen LogP contribution in [0.1, 0.15) is 57.0 Å². The Morgan fingerprint density at radius 2 is 1.54 bits per heavy atom. The number of benzene rings is 1. The van der Waals surface area contributed by atoms with Gasteiger partial charge in [0, 0.05) is 24.2 Å². The minimum Gasteiger partial charge on any atom is -0.356 e. The third kappa shape index (κ3) is 2.93. The molecular formula is C20H25N3O. The van der Waals surface area contributed by atoms with Gasteiger partial charge in [0.25, 0.3) is 0 Å². The summed E-state index contributed by atoms with van der Waals surface area (Å²) in [5, 5.41) is 0. The summed E-state index contributed by atoms with van der Waals surface area (Å²) in [6.45, 7) is 11.9. The van der Waals surface area contributed by atoms with Gasteiger partial charge in [0.2, 0.25) is 5.78 Å². The number of hydrogen-bond donors (Lipinski definition) is 0. The molecule has 3 rings (SSSR count). The Labute approximate surface area is 143 Å². The van der Waals surface area contributed by atoms with Crippen molar-refractivity contribution in [3.63, 3.8) is 0 Å². The second-order valence-electron chi connectivity index (χ2n) is 6.87. The molecule has 2 aromatic rings. The normalized spacial score (nSPS) is 14.3. The molecule has 0 aliphatic carbocycles. The largest absolute Gasteiger partial charge is 0.356 e. The van der Waals surface area contributed by atoms with E-state index in [1.54, 1.807) is 0 Å². The molecule has 0 N–H and O–H groups in total. The predicted octanol–water partition coefficient (Wildman–Crippen LogP) is 3.85. The highest BCUT2D eigenvalue weighted by Crippen LogP contribution is 2.27. The number of ketones is 1. The molecule has 0 amide bonds. The molecule has 4 nitrogen and oxygen atoms in total. The lowest BCUT2D eigenvalue weighted by molar-refractivity contribution is 0.103. The summed E-state index contributed by atoms with van der Waals surface area (Å²) >= 11 is 0. The highest BCUT2D eigenvalue weighted by Gasteiger charge is 2.24. The van der Waals surface area contributed by atoms with E-state index in [1.165, 1.54) is 18.4 Å². The van der Waals surface area contributed by atoms with Crippen LogP contribution in [0.2, 0.25) is 0 Å². The van der Waals surface area contributed by atoms with E-state index in [0.717, 1.165) is 41.2 Å². The Hall–Kier alpha value is -2.23. The van der Waals surface area contributed by atoms with E-state index in [4.69, 9.17) is 0 Å². The maximum absolute atomic E-state index is 13.2. The standard InChI is InChI=1S/C20H25N3O/c1-12-10-13(2)17(14(3)11-12)19(24)18-15(4)20(22-16(5)21-18)23-8-6-7-9-23/h10-11H,6-9H2,1-5H3. The van der Waals surface area contributed by atoms with Crippen LogP contribution in [0.25, 0.3) is 0 Å². The van der Waals surface area contributed by atoms with Crippen LogP contribution in [0.4, 0.5) is 5.82 Å². The summed E-state index contributed by atoms with van der Waals surface area (Å²) in [5.41, 5.74) is 5.40. The highest BCUT2D eigenvalue weighted by atomic mass is 16.1. The number of carbonyl (C=O) groups is 1. The summed E-state index contributed by atoms with van der Waals surface area (Å²) < 4.78 is 0. The first-order valence-electron chi connectivity index (χ1n) is 8.61. The zero-order valence-electron chi connectivity index (χ0n) is 15.2. The molecule has 0 unspecified atom stereocenters. The number of aromatic nitrogens is 2. The number of nitrogens with zero attached hydrogens (tertiary/aromatic N) is 3. The van der Waals surface area contributed by atoms with Gasteiger partial charge in [-0.15, -0.1) is 0 Å². The van der Waals surface area contributed by atoms with E-state index in [-0.39, 0.29) is 5.78 Å².